The predicted molar refractivity (Wildman–Crippen MR) is 178 cm³/mol. The molecule has 3 aromatic rings. The van der Waals surface area contributed by atoms with Gasteiger partial charge in [0.25, 0.3) is 0 Å². The van der Waals surface area contributed by atoms with E-state index in [1.807, 2.05) is 72.8 Å². The summed E-state index contributed by atoms with van der Waals surface area (Å²) < 4.78 is 0. The van der Waals surface area contributed by atoms with Gasteiger partial charge in [0.15, 0.2) is 0 Å². The Hall–Kier alpha value is -4.54. The maximum atomic E-state index is 12.3. The molecule has 10 nitrogen and oxygen atoms in total. The first kappa shape index (κ1) is 35.9. The Morgan fingerprint density at radius 1 is 0.478 bits per heavy atom. The fourth-order valence-corrected chi connectivity index (χ4v) is 4.91. The average Bonchev–Trinajstić information content (AvgIpc) is 3.08. The predicted octanol–water partition coefficient (Wildman–Crippen LogP) is 2.87. The van der Waals surface area contributed by atoms with Gasteiger partial charge in [0.05, 0.1) is 6.54 Å². The first-order valence-corrected chi connectivity index (χ1v) is 16.1. The molecule has 0 saturated carbocycles. The minimum absolute atomic E-state index is 0.0199. The number of nitrogens with one attached hydrogen (secondary N) is 4. The van der Waals surface area contributed by atoms with E-state index in [1.54, 1.807) is 0 Å². The lowest BCUT2D eigenvalue weighted by Gasteiger charge is -2.09. The van der Waals surface area contributed by atoms with Crippen molar-refractivity contribution >= 4 is 23.6 Å². The molecule has 0 aromatic heterocycles. The number of hydrogen-bond donors (Lipinski definition) is 6. The van der Waals surface area contributed by atoms with Crippen LogP contribution < -0.4 is 32.7 Å². The van der Waals surface area contributed by atoms with E-state index >= 15 is 0 Å². The van der Waals surface area contributed by atoms with Gasteiger partial charge in [-0.3, -0.25) is 19.2 Å². The van der Waals surface area contributed by atoms with Crippen molar-refractivity contribution in [1.82, 2.24) is 21.3 Å². The van der Waals surface area contributed by atoms with Crippen molar-refractivity contribution in [2.24, 2.45) is 5.73 Å². The summed E-state index contributed by atoms with van der Waals surface area (Å²) in [4.78, 5) is 48.9. The quantitative estimate of drug-likeness (QED) is 0.105. The summed E-state index contributed by atoms with van der Waals surface area (Å²) in [5.74, 6) is -0.171. The molecule has 0 aliphatic heterocycles. The van der Waals surface area contributed by atoms with Crippen LogP contribution in [0, 0.1) is 0 Å². The van der Waals surface area contributed by atoms with Crippen LogP contribution in [0.1, 0.15) is 84.7 Å². The Balaban J connectivity index is 1.22. The Kier molecular flexibility index (Phi) is 16.0. The van der Waals surface area contributed by atoms with Crippen LogP contribution in [0.3, 0.4) is 0 Å². The van der Waals surface area contributed by atoms with Gasteiger partial charge in [0, 0.05) is 64.0 Å². The van der Waals surface area contributed by atoms with Crippen LogP contribution in [0.15, 0.2) is 72.8 Å². The minimum atomic E-state index is -0.0605. The van der Waals surface area contributed by atoms with Crippen LogP contribution in [-0.4, -0.2) is 23.6 Å². The van der Waals surface area contributed by atoms with Crippen LogP contribution >= 0.6 is 0 Å². The molecule has 0 fully saturated rings. The zero-order valence-corrected chi connectivity index (χ0v) is 26.7. The largest absolute Gasteiger partial charge is 0.354 e. The summed E-state index contributed by atoms with van der Waals surface area (Å²) in [5, 5.41) is 11.7. The summed E-state index contributed by atoms with van der Waals surface area (Å²) >= 11 is 0. The van der Waals surface area contributed by atoms with E-state index in [1.165, 1.54) is 0 Å². The van der Waals surface area contributed by atoms with Gasteiger partial charge in [-0.25, -0.2) is 0 Å². The molecule has 0 heterocycles. The van der Waals surface area contributed by atoms with Gasteiger partial charge in [-0.2, -0.15) is 0 Å². The van der Waals surface area contributed by atoms with Crippen LogP contribution in [0.4, 0.5) is 0 Å². The topological polar surface area (TPSA) is 170 Å². The summed E-state index contributed by atoms with van der Waals surface area (Å²) in [5.41, 5.74) is 15.7. The molecule has 0 bridgehead atoms. The number of benzene rings is 3. The molecule has 246 valence electrons. The maximum absolute atomic E-state index is 12.3. The number of rotatable bonds is 20. The normalized spacial score (nSPS) is 10.7. The Bertz CT molecular complexity index is 1320. The first-order valence-electron chi connectivity index (χ1n) is 16.1. The highest BCUT2D eigenvalue weighted by atomic mass is 16.2. The van der Waals surface area contributed by atoms with Crippen molar-refractivity contribution in [3.05, 3.63) is 106 Å². The van der Waals surface area contributed by atoms with Gasteiger partial charge >= 0.3 is 0 Å². The molecule has 9 N–H and O–H groups in total. The number of amides is 4. The molecule has 0 unspecified atom stereocenters. The lowest BCUT2D eigenvalue weighted by molar-refractivity contribution is -0.386. The van der Waals surface area contributed by atoms with Crippen molar-refractivity contribution in [3.63, 3.8) is 0 Å². The molecule has 0 radical (unpaired) electrons. The zero-order chi connectivity index (χ0) is 33.0. The molecule has 0 aliphatic carbocycles. The second-order valence-electron chi connectivity index (χ2n) is 11.4. The number of hydrogen-bond acceptors (Lipinski definition) is 5. The van der Waals surface area contributed by atoms with Gasteiger partial charge < -0.3 is 32.7 Å². The van der Waals surface area contributed by atoms with Gasteiger partial charge in [0.2, 0.25) is 23.6 Å². The SMILES string of the molecule is NCc1cccc(CNC(=O)CCCCC(=O)NCc2cccc(CNC(=O)CCCCC(=O)NCc3cccc(C[NH3+])c3)c2)c1. The second kappa shape index (κ2) is 20.5. The van der Waals surface area contributed by atoms with Crippen molar-refractivity contribution in [3.8, 4) is 0 Å². The van der Waals surface area contributed by atoms with E-state index in [4.69, 9.17) is 5.73 Å². The van der Waals surface area contributed by atoms with Gasteiger partial charge in [-0.1, -0.05) is 66.7 Å². The number of unbranched alkanes of at least 4 members (excludes halogenated alkanes) is 2. The van der Waals surface area contributed by atoms with Crippen molar-refractivity contribution in [2.75, 3.05) is 0 Å². The molecule has 0 atom stereocenters. The Morgan fingerprint density at radius 2 is 0.761 bits per heavy atom. The minimum Gasteiger partial charge on any atom is -0.354 e. The van der Waals surface area contributed by atoms with E-state index in [0.717, 1.165) is 33.4 Å². The summed E-state index contributed by atoms with van der Waals surface area (Å²) in [6.45, 7) is 2.92. The highest BCUT2D eigenvalue weighted by Gasteiger charge is 2.08. The Morgan fingerprint density at radius 3 is 1.09 bits per heavy atom. The lowest BCUT2D eigenvalue weighted by Crippen LogP contribution is -2.47. The average molecular weight is 630 g/mol. The molecule has 10 heteroatoms. The zero-order valence-electron chi connectivity index (χ0n) is 26.7. The molecule has 4 amide bonds. The molecule has 0 spiro atoms. The van der Waals surface area contributed by atoms with Gasteiger partial charge in [0.1, 0.15) is 0 Å². The summed E-state index contributed by atoms with van der Waals surface area (Å²) in [7, 11) is 0. The summed E-state index contributed by atoms with van der Waals surface area (Å²) in [6, 6.07) is 23.6. The molecule has 0 aliphatic rings. The highest BCUT2D eigenvalue weighted by Crippen LogP contribution is 2.09. The van der Waals surface area contributed by atoms with Crippen LogP contribution in [0.2, 0.25) is 0 Å². The molecule has 46 heavy (non-hydrogen) atoms. The fourth-order valence-electron chi connectivity index (χ4n) is 4.91. The third kappa shape index (κ3) is 14.5. The fraction of sp³-hybridized carbons (Fsp3) is 0.389. The lowest BCUT2D eigenvalue weighted by atomic mass is 10.1. The number of carbonyl (C=O) groups is 4. The number of nitrogens with two attached hydrogens (primary N) is 1. The van der Waals surface area contributed by atoms with Crippen LogP contribution in [0.25, 0.3) is 0 Å². The molecule has 3 rings (SSSR count). The maximum Gasteiger partial charge on any atom is 0.220 e. The third-order valence-corrected chi connectivity index (χ3v) is 7.57. The van der Waals surface area contributed by atoms with E-state index < -0.39 is 0 Å². The van der Waals surface area contributed by atoms with Crippen LogP contribution in [0.5, 0.6) is 0 Å². The molecule has 0 saturated heterocycles. The standard InChI is InChI=1S/C36H48N6O4/c37-21-27-8-5-10-29(18-27)23-39-33(43)14-1-3-16-35(45)41-25-31-12-7-13-32(20-31)26-42-36(46)17-4-2-15-34(44)40-24-30-11-6-9-28(19-30)22-38/h5-13,18-20H,1-4,14-17,21-26,37-38H2,(H,39,43)(H,40,44)(H,41,45)(H,42,46)/p+1. The van der Waals surface area contributed by atoms with E-state index in [9.17, 15) is 19.2 Å². The van der Waals surface area contributed by atoms with Crippen molar-refractivity contribution in [1.29, 1.82) is 0 Å². The number of carbonyl (C=O) groups excluding carboxylic acids is 4. The summed E-state index contributed by atoms with van der Waals surface area (Å²) in [6.07, 6.45) is 4.02. The van der Waals surface area contributed by atoms with E-state index in [0.29, 0.717) is 90.6 Å². The Labute approximate surface area is 272 Å². The number of quaternary nitrogens is 1. The second-order valence-corrected chi connectivity index (χ2v) is 11.4. The monoisotopic (exact) mass is 629 g/mol. The van der Waals surface area contributed by atoms with Crippen molar-refractivity contribution < 1.29 is 24.9 Å². The third-order valence-electron chi connectivity index (χ3n) is 7.57. The van der Waals surface area contributed by atoms with Gasteiger partial charge in [-0.05, 0) is 59.6 Å². The van der Waals surface area contributed by atoms with E-state index in [2.05, 4.69) is 27.0 Å². The molecular formula is C36H49N6O4+. The first-order chi connectivity index (χ1) is 22.3. The van der Waals surface area contributed by atoms with Gasteiger partial charge in [-0.15, -0.1) is 0 Å². The van der Waals surface area contributed by atoms with E-state index in [-0.39, 0.29) is 23.6 Å². The van der Waals surface area contributed by atoms with Crippen molar-refractivity contribution in [2.45, 2.75) is 90.6 Å². The van der Waals surface area contributed by atoms with Crippen LogP contribution in [-0.2, 0) is 58.4 Å². The highest BCUT2D eigenvalue weighted by molar-refractivity contribution is 5.78. The smallest absolute Gasteiger partial charge is 0.220 e. The molecular weight excluding hydrogens is 580 g/mol. The molecule has 3 aromatic carbocycles.